The third-order valence-corrected chi connectivity index (χ3v) is 7.64. The van der Waals surface area contributed by atoms with Gasteiger partial charge in [-0.1, -0.05) is 11.8 Å². The molecule has 1 aliphatic carbocycles. The Hall–Kier alpha value is -0.930. The summed E-state index contributed by atoms with van der Waals surface area (Å²) in [7, 11) is 0. The maximum Gasteiger partial charge on any atom is 0.263 e. The van der Waals surface area contributed by atoms with Gasteiger partial charge in [0, 0.05) is 36.8 Å². The van der Waals surface area contributed by atoms with Gasteiger partial charge in [0.15, 0.2) is 5.16 Å². The molecule has 4 rings (SSSR count). The number of aromatic nitrogens is 2. The molecule has 6 nitrogen and oxygen atoms in total. The monoisotopic (exact) mass is 409 g/mol. The van der Waals surface area contributed by atoms with E-state index in [0.29, 0.717) is 18.8 Å². The average Bonchev–Trinajstić information content (AvgIpc) is 3.06. The summed E-state index contributed by atoms with van der Waals surface area (Å²) in [5, 5.41) is 12.0. The summed E-state index contributed by atoms with van der Waals surface area (Å²) < 4.78 is 7.13. The Labute approximate surface area is 167 Å². The first-order chi connectivity index (χ1) is 13.2. The Morgan fingerprint density at radius 3 is 2.85 bits per heavy atom. The van der Waals surface area contributed by atoms with Gasteiger partial charge in [0.2, 0.25) is 0 Å². The number of fused-ring (bicyclic) bond motifs is 3. The van der Waals surface area contributed by atoms with Gasteiger partial charge in [0.25, 0.3) is 5.56 Å². The summed E-state index contributed by atoms with van der Waals surface area (Å²) in [5.41, 5.74) is 1.33. The van der Waals surface area contributed by atoms with Crippen LogP contribution in [0.4, 0.5) is 0 Å². The smallest absolute Gasteiger partial charge is 0.263 e. The first-order valence-corrected chi connectivity index (χ1v) is 11.6. The summed E-state index contributed by atoms with van der Waals surface area (Å²) in [6.07, 6.45) is 4.00. The number of hydrogen-bond acceptors (Lipinski definition) is 7. The lowest BCUT2D eigenvalue weighted by molar-refractivity contribution is 0.0188. The molecule has 1 fully saturated rings. The molecule has 0 spiro atoms. The number of aliphatic hydroxyl groups excluding tert-OH is 1. The zero-order valence-corrected chi connectivity index (χ0v) is 17.4. The van der Waals surface area contributed by atoms with E-state index in [-0.39, 0.29) is 5.56 Å². The molecule has 0 amide bonds. The van der Waals surface area contributed by atoms with Crippen molar-refractivity contribution in [2.24, 2.45) is 0 Å². The summed E-state index contributed by atoms with van der Waals surface area (Å²) in [5.74, 6) is 0.542. The van der Waals surface area contributed by atoms with E-state index >= 15 is 0 Å². The van der Waals surface area contributed by atoms with E-state index in [9.17, 15) is 9.90 Å². The highest BCUT2D eigenvalue weighted by Crippen LogP contribution is 2.34. The highest BCUT2D eigenvalue weighted by Gasteiger charge is 2.22. The van der Waals surface area contributed by atoms with Gasteiger partial charge in [-0.05, 0) is 38.2 Å². The van der Waals surface area contributed by atoms with Crippen molar-refractivity contribution < 1.29 is 9.84 Å². The SMILES string of the molecule is CCn1c(SC[C@@H](O)CN2CCOCC2)nc2sc3c(c2c1=O)CCCC3. The Kier molecular flexibility index (Phi) is 6.18. The van der Waals surface area contributed by atoms with Crippen LogP contribution in [0.5, 0.6) is 0 Å². The molecule has 1 N–H and O–H groups in total. The summed E-state index contributed by atoms with van der Waals surface area (Å²) in [6, 6.07) is 0. The molecule has 2 aliphatic rings. The number of hydrogen-bond donors (Lipinski definition) is 1. The van der Waals surface area contributed by atoms with Crippen LogP contribution in [-0.4, -0.2) is 64.3 Å². The van der Waals surface area contributed by atoms with Crippen molar-refractivity contribution in [2.75, 3.05) is 38.6 Å². The standard InChI is InChI=1S/C19H27N3O3S2/c1-2-22-18(24)16-14-5-3-4-6-15(14)27-17(16)20-19(22)26-12-13(23)11-21-7-9-25-10-8-21/h13,23H,2-12H2,1H3/t13-/m0/s1. The lowest BCUT2D eigenvalue weighted by Gasteiger charge is -2.28. The summed E-state index contributed by atoms with van der Waals surface area (Å²) in [6.45, 7) is 6.43. The van der Waals surface area contributed by atoms with Crippen molar-refractivity contribution in [1.29, 1.82) is 0 Å². The van der Waals surface area contributed by atoms with E-state index < -0.39 is 6.10 Å². The molecule has 3 heterocycles. The van der Waals surface area contributed by atoms with Crippen molar-refractivity contribution in [3.8, 4) is 0 Å². The second-order valence-corrected chi connectivity index (χ2v) is 9.28. The van der Waals surface area contributed by atoms with Crippen molar-refractivity contribution in [3.05, 3.63) is 20.8 Å². The number of thioether (sulfide) groups is 1. The van der Waals surface area contributed by atoms with Gasteiger partial charge in [-0.25, -0.2) is 4.98 Å². The molecule has 1 atom stereocenters. The molecule has 2 aromatic heterocycles. The fourth-order valence-electron chi connectivity index (χ4n) is 3.91. The molecule has 27 heavy (non-hydrogen) atoms. The third kappa shape index (κ3) is 4.10. The molecular weight excluding hydrogens is 382 g/mol. The predicted octanol–water partition coefficient (Wildman–Crippen LogP) is 2.14. The maximum atomic E-state index is 13.1. The highest BCUT2D eigenvalue weighted by atomic mass is 32.2. The van der Waals surface area contributed by atoms with E-state index in [1.54, 1.807) is 15.9 Å². The van der Waals surface area contributed by atoms with Crippen molar-refractivity contribution in [3.63, 3.8) is 0 Å². The second-order valence-electron chi connectivity index (χ2n) is 7.21. The number of β-amino-alcohol motifs (C(OH)–C–C–N with tert-alkyl or cyclic N) is 1. The summed E-state index contributed by atoms with van der Waals surface area (Å²) >= 11 is 3.18. The molecule has 1 saturated heterocycles. The number of aryl methyl sites for hydroxylation is 2. The van der Waals surface area contributed by atoms with Crippen LogP contribution in [0.1, 0.15) is 30.2 Å². The van der Waals surface area contributed by atoms with Crippen LogP contribution in [0, 0.1) is 0 Å². The van der Waals surface area contributed by atoms with Crippen molar-refractivity contribution in [1.82, 2.24) is 14.5 Å². The first kappa shape index (κ1) is 19.4. The minimum absolute atomic E-state index is 0.0899. The minimum atomic E-state index is -0.442. The lowest BCUT2D eigenvalue weighted by atomic mass is 9.97. The van der Waals surface area contributed by atoms with Crippen LogP contribution in [-0.2, 0) is 24.1 Å². The Morgan fingerprint density at radius 2 is 2.07 bits per heavy atom. The first-order valence-electron chi connectivity index (χ1n) is 9.83. The normalized spacial score (nSPS) is 19.3. The Balaban J connectivity index is 1.53. The van der Waals surface area contributed by atoms with Gasteiger partial charge in [-0.3, -0.25) is 14.3 Å². The highest BCUT2D eigenvalue weighted by molar-refractivity contribution is 7.99. The van der Waals surface area contributed by atoms with E-state index in [1.165, 1.54) is 28.6 Å². The maximum absolute atomic E-state index is 13.1. The molecule has 148 valence electrons. The number of ether oxygens (including phenoxy) is 1. The summed E-state index contributed by atoms with van der Waals surface area (Å²) in [4.78, 5) is 22.4. The number of rotatable bonds is 6. The lowest BCUT2D eigenvalue weighted by Crippen LogP contribution is -2.41. The van der Waals surface area contributed by atoms with Gasteiger partial charge in [-0.2, -0.15) is 0 Å². The largest absolute Gasteiger partial charge is 0.391 e. The average molecular weight is 410 g/mol. The minimum Gasteiger partial charge on any atom is -0.391 e. The molecule has 8 heteroatoms. The van der Waals surface area contributed by atoms with Crippen LogP contribution in [0.15, 0.2) is 9.95 Å². The van der Waals surface area contributed by atoms with Crippen LogP contribution >= 0.6 is 23.1 Å². The molecule has 0 unspecified atom stereocenters. The molecule has 0 bridgehead atoms. The Morgan fingerprint density at radius 1 is 1.30 bits per heavy atom. The molecule has 0 saturated carbocycles. The van der Waals surface area contributed by atoms with Gasteiger partial charge in [0.1, 0.15) is 4.83 Å². The molecule has 0 radical (unpaired) electrons. The Bertz CT molecular complexity index is 858. The number of thiophene rings is 1. The van der Waals surface area contributed by atoms with Crippen LogP contribution < -0.4 is 5.56 Å². The number of morpholine rings is 1. The fourth-order valence-corrected chi connectivity index (χ4v) is 6.19. The van der Waals surface area contributed by atoms with Crippen LogP contribution in [0.2, 0.25) is 0 Å². The van der Waals surface area contributed by atoms with E-state index in [4.69, 9.17) is 9.72 Å². The van der Waals surface area contributed by atoms with Gasteiger partial charge >= 0.3 is 0 Å². The van der Waals surface area contributed by atoms with Crippen molar-refractivity contribution in [2.45, 2.75) is 50.4 Å². The quantitative estimate of drug-likeness (QED) is 0.582. The fraction of sp³-hybridized carbons (Fsp3) is 0.684. The zero-order valence-electron chi connectivity index (χ0n) is 15.8. The predicted molar refractivity (Wildman–Crippen MR) is 110 cm³/mol. The number of nitrogens with zero attached hydrogens (tertiary/aromatic N) is 3. The van der Waals surface area contributed by atoms with E-state index in [1.807, 2.05) is 6.92 Å². The van der Waals surface area contributed by atoms with Crippen LogP contribution in [0.25, 0.3) is 10.2 Å². The van der Waals surface area contributed by atoms with E-state index in [0.717, 1.165) is 60.9 Å². The number of aliphatic hydroxyl groups is 1. The third-order valence-electron chi connectivity index (χ3n) is 5.33. The van der Waals surface area contributed by atoms with Gasteiger partial charge in [0.05, 0.1) is 24.7 Å². The molecular formula is C19H27N3O3S2. The van der Waals surface area contributed by atoms with Crippen molar-refractivity contribution >= 4 is 33.3 Å². The van der Waals surface area contributed by atoms with Crippen LogP contribution in [0.3, 0.4) is 0 Å². The van der Waals surface area contributed by atoms with Gasteiger partial charge in [-0.15, -0.1) is 11.3 Å². The zero-order chi connectivity index (χ0) is 18.8. The van der Waals surface area contributed by atoms with Gasteiger partial charge < -0.3 is 9.84 Å². The van der Waals surface area contributed by atoms with E-state index in [2.05, 4.69) is 4.90 Å². The topological polar surface area (TPSA) is 67.6 Å². The second kappa shape index (κ2) is 8.61. The molecule has 1 aliphatic heterocycles. The molecule has 2 aromatic rings. The molecule has 0 aromatic carbocycles.